The van der Waals surface area contributed by atoms with E-state index in [0.717, 1.165) is 19.0 Å². The monoisotopic (exact) mass is 383 g/mol. The summed E-state index contributed by atoms with van der Waals surface area (Å²) in [5.41, 5.74) is -1.56. The number of benzene rings is 1. The van der Waals surface area contributed by atoms with Crippen LogP contribution >= 0.6 is 11.8 Å². The van der Waals surface area contributed by atoms with Gasteiger partial charge in [0.2, 0.25) is 5.91 Å². The quantitative estimate of drug-likeness (QED) is 0.607. The summed E-state index contributed by atoms with van der Waals surface area (Å²) in [5.74, 6) is -0.234. The van der Waals surface area contributed by atoms with Crippen molar-refractivity contribution in [2.45, 2.75) is 28.9 Å². The minimum Gasteiger partial charge on any atom is -0.325 e. The Hall–Kier alpha value is -2.62. The highest BCUT2D eigenvalue weighted by atomic mass is 32.2. The van der Waals surface area contributed by atoms with Crippen molar-refractivity contribution in [1.29, 1.82) is 0 Å². The third-order valence-electron chi connectivity index (χ3n) is 3.65. The zero-order valence-corrected chi connectivity index (χ0v) is 13.9. The van der Waals surface area contributed by atoms with Gasteiger partial charge in [-0.05, 0) is 25.0 Å². The van der Waals surface area contributed by atoms with Crippen molar-refractivity contribution in [2.24, 2.45) is 5.92 Å². The highest BCUT2D eigenvalue weighted by Gasteiger charge is 2.36. The highest BCUT2D eigenvalue weighted by Crippen LogP contribution is 2.42. The Morgan fingerprint density at radius 3 is 2.62 bits per heavy atom. The minimum atomic E-state index is -4.80. The zero-order chi connectivity index (χ0) is 18.9. The second kappa shape index (κ2) is 6.94. The van der Waals surface area contributed by atoms with Crippen LogP contribution in [-0.4, -0.2) is 15.8 Å². The molecule has 10 heteroatoms. The predicted octanol–water partition coefficient (Wildman–Crippen LogP) is 4.51. The lowest BCUT2D eigenvalue weighted by Crippen LogP contribution is -2.14. The first-order chi connectivity index (χ1) is 12.3. The van der Waals surface area contributed by atoms with Gasteiger partial charge in [-0.15, -0.1) is 0 Å². The Labute approximate surface area is 150 Å². The minimum absolute atomic E-state index is 0.0590. The summed E-state index contributed by atoms with van der Waals surface area (Å²) in [6, 6.07) is 6.87. The maximum absolute atomic E-state index is 13.3. The van der Waals surface area contributed by atoms with E-state index < -0.39 is 27.4 Å². The number of amides is 1. The van der Waals surface area contributed by atoms with Crippen LogP contribution in [0.25, 0.3) is 0 Å². The summed E-state index contributed by atoms with van der Waals surface area (Å²) in [7, 11) is 0. The summed E-state index contributed by atoms with van der Waals surface area (Å²) >= 11 is 0.694. The van der Waals surface area contributed by atoms with E-state index in [2.05, 4.69) is 10.3 Å². The molecule has 0 radical (unpaired) electrons. The second-order valence-corrected chi connectivity index (χ2v) is 6.69. The van der Waals surface area contributed by atoms with Crippen LogP contribution in [0.2, 0.25) is 0 Å². The van der Waals surface area contributed by atoms with Crippen LogP contribution in [0.4, 0.5) is 24.5 Å². The van der Waals surface area contributed by atoms with Gasteiger partial charge < -0.3 is 5.32 Å². The number of hydrogen-bond acceptors (Lipinski definition) is 5. The number of nitrogens with one attached hydrogen (secondary N) is 1. The fourth-order valence-electron chi connectivity index (χ4n) is 2.17. The van der Waals surface area contributed by atoms with Crippen LogP contribution in [0.15, 0.2) is 46.5 Å². The average Bonchev–Trinajstić information content (AvgIpc) is 3.40. The van der Waals surface area contributed by atoms with Gasteiger partial charge in [0.05, 0.1) is 16.2 Å². The van der Waals surface area contributed by atoms with E-state index in [0.29, 0.717) is 28.4 Å². The van der Waals surface area contributed by atoms with Crippen molar-refractivity contribution in [3.63, 3.8) is 0 Å². The van der Waals surface area contributed by atoms with Crippen LogP contribution in [0.3, 0.4) is 0 Å². The Balaban J connectivity index is 1.93. The molecule has 1 aliphatic carbocycles. The van der Waals surface area contributed by atoms with E-state index in [1.165, 1.54) is 0 Å². The summed E-state index contributed by atoms with van der Waals surface area (Å²) in [5, 5.41) is 13.0. The maximum atomic E-state index is 13.3. The molecule has 0 saturated heterocycles. The molecule has 1 aliphatic rings. The van der Waals surface area contributed by atoms with Gasteiger partial charge in [-0.3, -0.25) is 14.9 Å². The van der Waals surface area contributed by atoms with Crippen molar-refractivity contribution >= 4 is 29.0 Å². The summed E-state index contributed by atoms with van der Waals surface area (Å²) in [6.45, 7) is 0. The first-order valence-corrected chi connectivity index (χ1v) is 8.36. The summed E-state index contributed by atoms with van der Waals surface area (Å²) in [4.78, 5) is 25.7. The molecule has 0 spiro atoms. The van der Waals surface area contributed by atoms with Crippen molar-refractivity contribution < 1.29 is 22.9 Å². The third-order valence-corrected chi connectivity index (χ3v) is 4.75. The van der Waals surface area contributed by atoms with Crippen LogP contribution in [0, 0.1) is 16.0 Å². The number of nitrogens with zero attached hydrogens (tertiary/aromatic N) is 2. The Bertz CT molecular complexity index is 869. The standard InChI is InChI=1S/C16H12F3N3O3S/c17-16(18,19)11-7-10(22(24)25)8-20-15(11)26-13-4-2-1-3-12(13)21-14(23)9-5-6-9/h1-4,7-9H,5-6H2,(H,21,23). The van der Waals surface area contributed by atoms with Crippen molar-refractivity contribution in [3.05, 3.63) is 52.2 Å². The maximum Gasteiger partial charge on any atom is 0.419 e. The van der Waals surface area contributed by atoms with Gasteiger partial charge >= 0.3 is 6.18 Å². The Morgan fingerprint density at radius 1 is 1.31 bits per heavy atom. The number of alkyl halides is 3. The van der Waals surface area contributed by atoms with E-state index in [9.17, 15) is 28.1 Å². The molecular weight excluding hydrogens is 371 g/mol. The normalized spacial score (nSPS) is 14.1. The number of nitro groups is 1. The molecule has 3 rings (SSSR count). The molecule has 2 aromatic rings. The molecule has 1 heterocycles. The topological polar surface area (TPSA) is 85.1 Å². The molecule has 0 unspecified atom stereocenters. The van der Waals surface area contributed by atoms with Crippen LogP contribution < -0.4 is 5.32 Å². The van der Waals surface area contributed by atoms with E-state index in [-0.39, 0.29) is 11.8 Å². The Kier molecular flexibility index (Phi) is 4.86. The summed E-state index contributed by atoms with van der Waals surface area (Å²) in [6.07, 6.45) is -2.43. The summed E-state index contributed by atoms with van der Waals surface area (Å²) < 4.78 is 39.8. The molecule has 1 aromatic heterocycles. The van der Waals surface area contributed by atoms with E-state index in [1.54, 1.807) is 24.3 Å². The zero-order valence-electron chi connectivity index (χ0n) is 13.1. The van der Waals surface area contributed by atoms with Crippen LogP contribution in [-0.2, 0) is 11.0 Å². The van der Waals surface area contributed by atoms with E-state index in [4.69, 9.17) is 0 Å². The molecule has 1 fully saturated rings. The van der Waals surface area contributed by atoms with Crippen molar-refractivity contribution in [1.82, 2.24) is 4.98 Å². The molecule has 26 heavy (non-hydrogen) atoms. The van der Waals surface area contributed by atoms with Gasteiger partial charge in [0, 0.05) is 16.9 Å². The fourth-order valence-corrected chi connectivity index (χ4v) is 3.14. The molecule has 1 N–H and O–H groups in total. The van der Waals surface area contributed by atoms with E-state index >= 15 is 0 Å². The number of rotatable bonds is 5. The van der Waals surface area contributed by atoms with Gasteiger partial charge in [-0.2, -0.15) is 13.2 Å². The van der Waals surface area contributed by atoms with Gasteiger partial charge in [-0.25, -0.2) is 4.98 Å². The molecule has 6 nitrogen and oxygen atoms in total. The second-order valence-electron chi connectivity index (χ2n) is 5.66. The van der Waals surface area contributed by atoms with Crippen LogP contribution in [0.5, 0.6) is 0 Å². The lowest BCUT2D eigenvalue weighted by atomic mass is 10.2. The SMILES string of the molecule is O=C(Nc1ccccc1Sc1ncc([N+](=O)[O-])cc1C(F)(F)F)C1CC1. The lowest BCUT2D eigenvalue weighted by Gasteiger charge is -2.13. The number of carbonyl (C=O) groups is 1. The van der Waals surface area contributed by atoms with Gasteiger partial charge in [0.15, 0.2) is 0 Å². The number of anilines is 1. The first-order valence-electron chi connectivity index (χ1n) is 7.55. The number of para-hydroxylation sites is 1. The lowest BCUT2D eigenvalue weighted by molar-refractivity contribution is -0.385. The number of aromatic nitrogens is 1. The van der Waals surface area contributed by atoms with E-state index in [1.807, 2.05) is 0 Å². The van der Waals surface area contributed by atoms with Gasteiger partial charge in [0.25, 0.3) is 5.69 Å². The highest BCUT2D eigenvalue weighted by molar-refractivity contribution is 7.99. The largest absolute Gasteiger partial charge is 0.419 e. The third kappa shape index (κ3) is 4.13. The Morgan fingerprint density at radius 2 is 2.00 bits per heavy atom. The van der Waals surface area contributed by atoms with Gasteiger partial charge in [-0.1, -0.05) is 23.9 Å². The smallest absolute Gasteiger partial charge is 0.325 e. The molecule has 1 aromatic carbocycles. The van der Waals surface area contributed by atoms with Crippen LogP contribution in [0.1, 0.15) is 18.4 Å². The average molecular weight is 383 g/mol. The molecular formula is C16H12F3N3O3S. The molecule has 1 saturated carbocycles. The number of halogens is 3. The number of hydrogen-bond donors (Lipinski definition) is 1. The predicted molar refractivity (Wildman–Crippen MR) is 87.8 cm³/mol. The van der Waals surface area contributed by atoms with Crippen molar-refractivity contribution in [3.8, 4) is 0 Å². The first kappa shape index (κ1) is 18.2. The van der Waals surface area contributed by atoms with Crippen molar-refractivity contribution in [2.75, 3.05) is 5.32 Å². The molecule has 1 amide bonds. The van der Waals surface area contributed by atoms with Gasteiger partial charge in [0.1, 0.15) is 11.2 Å². The number of pyridine rings is 1. The molecule has 136 valence electrons. The molecule has 0 bridgehead atoms. The molecule has 0 aliphatic heterocycles. The fraction of sp³-hybridized carbons (Fsp3) is 0.250. The molecule has 0 atom stereocenters. The number of carbonyl (C=O) groups excluding carboxylic acids is 1.